The van der Waals surface area contributed by atoms with Gasteiger partial charge in [-0.3, -0.25) is 0 Å². The lowest BCUT2D eigenvalue weighted by Gasteiger charge is -2.27. The van der Waals surface area contributed by atoms with Crippen molar-refractivity contribution in [2.75, 3.05) is 6.54 Å². The molecule has 0 unspecified atom stereocenters. The van der Waals surface area contributed by atoms with Crippen molar-refractivity contribution in [3.63, 3.8) is 0 Å². The van der Waals surface area contributed by atoms with E-state index < -0.39 is 0 Å². The van der Waals surface area contributed by atoms with Gasteiger partial charge < -0.3 is 4.90 Å². The summed E-state index contributed by atoms with van der Waals surface area (Å²) in [4.78, 5) is 2.23. The molecule has 0 bridgehead atoms. The molecule has 2 aliphatic rings. The highest BCUT2D eigenvalue weighted by Gasteiger charge is 2.14. The van der Waals surface area contributed by atoms with Gasteiger partial charge in [0.25, 0.3) is 0 Å². The van der Waals surface area contributed by atoms with Gasteiger partial charge in [0.05, 0.1) is 12.7 Å². The Hall–Kier alpha value is -2.10. The first-order valence-corrected chi connectivity index (χ1v) is 5.29. The Morgan fingerprint density at radius 3 is 3.12 bits per heavy atom. The number of allylic oxidation sites excluding steroid dienone is 5. The Kier molecular flexibility index (Phi) is 2.18. The average Bonchev–Trinajstić information content (AvgIpc) is 2.82. The summed E-state index contributed by atoms with van der Waals surface area (Å²) < 4.78 is 1.84. The predicted octanol–water partition coefficient (Wildman–Crippen LogP) is 1.49. The molecule has 3 rings (SSSR count). The molecule has 0 saturated carbocycles. The summed E-state index contributed by atoms with van der Waals surface area (Å²) >= 11 is 0. The molecule has 0 aromatic carbocycles. The van der Waals surface area contributed by atoms with Gasteiger partial charge in [-0.2, -0.15) is 0 Å². The van der Waals surface area contributed by atoms with Gasteiger partial charge in [-0.15, -0.1) is 5.10 Å². The number of rotatable bonds is 2. The maximum Gasteiger partial charge on any atom is 0.0697 e. The smallest absolute Gasteiger partial charge is 0.0697 e. The van der Waals surface area contributed by atoms with E-state index in [-0.39, 0.29) is 0 Å². The molecule has 80 valence electrons. The molecule has 1 aromatic heterocycles. The lowest BCUT2D eigenvalue weighted by molar-refractivity contribution is 0.506. The largest absolute Gasteiger partial charge is 0.344 e. The van der Waals surface area contributed by atoms with Gasteiger partial charge in [-0.1, -0.05) is 23.4 Å². The first kappa shape index (κ1) is 9.15. The van der Waals surface area contributed by atoms with Crippen LogP contribution in [-0.2, 0) is 6.54 Å². The summed E-state index contributed by atoms with van der Waals surface area (Å²) in [6, 6.07) is 0. The Bertz CT molecular complexity index is 491. The van der Waals surface area contributed by atoms with Crippen LogP contribution in [0.25, 0.3) is 0 Å². The maximum atomic E-state index is 3.99. The summed E-state index contributed by atoms with van der Waals surface area (Å²) in [5.41, 5.74) is 2.51. The minimum Gasteiger partial charge on any atom is -0.344 e. The van der Waals surface area contributed by atoms with E-state index >= 15 is 0 Å². The molecule has 0 N–H and O–H groups in total. The van der Waals surface area contributed by atoms with Crippen LogP contribution in [0.2, 0.25) is 0 Å². The molecular formula is C12H12N4. The topological polar surface area (TPSA) is 34.0 Å². The van der Waals surface area contributed by atoms with Crippen LogP contribution in [0.1, 0.15) is 0 Å². The average molecular weight is 212 g/mol. The zero-order chi connectivity index (χ0) is 10.8. The van der Waals surface area contributed by atoms with Crippen molar-refractivity contribution in [1.82, 2.24) is 19.9 Å². The molecule has 0 atom stereocenters. The molecule has 0 fully saturated rings. The SMILES string of the molecule is C1=CC2=C(Cn3ccnn3)C=CCN2C=C1. The van der Waals surface area contributed by atoms with Crippen molar-refractivity contribution in [1.29, 1.82) is 0 Å². The number of fused-ring (bicyclic) bond motifs is 1. The molecule has 2 aliphatic heterocycles. The van der Waals surface area contributed by atoms with Crippen LogP contribution in [-0.4, -0.2) is 26.4 Å². The lowest BCUT2D eigenvalue weighted by atomic mass is 10.1. The monoisotopic (exact) mass is 212 g/mol. The second kappa shape index (κ2) is 3.81. The van der Waals surface area contributed by atoms with Gasteiger partial charge in [-0.05, 0) is 17.7 Å². The highest BCUT2D eigenvalue weighted by Crippen LogP contribution is 2.22. The van der Waals surface area contributed by atoms with Crippen LogP contribution in [0.4, 0.5) is 0 Å². The molecule has 0 saturated heterocycles. The molecule has 16 heavy (non-hydrogen) atoms. The number of hydrogen-bond acceptors (Lipinski definition) is 3. The van der Waals surface area contributed by atoms with E-state index in [0.717, 1.165) is 13.1 Å². The third-order valence-corrected chi connectivity index (χ3v) is 2.70. The van der Waals surface area contributed by atoms with Gasteiger partial charge in [0.1, 0.15) is 0 Å². The van der Waals surface area contributed by atoms with E-state index in [0.29, 0.717) is 0 Å². The summed E-state index contributed by atoms with van der Waals surface area (Å²) in [6.07, 6.45) is 16.3. The zero-order valence-electron chi connectivity index (χ0n) is 8.82. The van der Waals surface area contributed by atoms with Crippen LogP contribution in [0, 0.1) is 0 Å². The molecule has 4 heteroatoms. The quantitative estimate of drug-likeness (QED) is 0.744. The minimum atomic E-state index is 0.764. The lowest BCUT2D eigenvalue weighted by Crippen LogP contribution is -2.22. The van der Waals surface area contributed by atoms with Gasteiger partial charge in [0, 0.05) is 24.6 Å². The second-order valence-corrected chi connectivity index (χ2v) is 3.77. The molecule has 4 nitrogen and oxygen atoms in total. The van der Waals surface area contributed by atoms with E-state index in [1.54, 1.807) is 6.20 Å². The molecular weight excluding hydrogens is 200 g/mol. The normalized spacial score (nSPS) is 18.1. The molecule has 3 heterocycles. The van der Waals surface area contributed by atoms with Crippen molar-refractivity contribution in [3.8, 4) is 0 Å². The van der Waals surface area contributed by atoms with Crippen LogP contribution >= 0.6 is 0 Å². The predicted molar refractivity (Wildman–Crippen MR) is 61.2 cm³/mol. The van der Waals surface area contributed by atoms with E-state index in [1.807, 2.05) is 10.9 Å². The Labute approximate surface area is 93.9 Å². The molecule has 0 spiro atoms. The number of nitrogens with zero attached hydrogens (tertiary/aromatic N) is 4. The van der Waals surface area contributed by atoms with Gasteiger partial charge in [0.15, 0.2) is 0 Å². The first-order valence-electron chi connectivity index (χ1n) is 5.29. The van der Waals surface area contributed by atoms with E-state index in [4.69, 9.17) is 0 Å². The van der Waals surface area contributed by atoms with Gasteiger partial charge in [-0.25, -0.2) is 4.68 Å². The highest BCUT2D eigenvalue weighted by molar-refractivity contribution is 5.40. The van der Waals surface area contributed by atoms with Crippen LogP contribution in [0.15, 0.2) is 60.2 Å². The third-order valence-electron chi connectivity index (χ3n) is 2.70. The molecule has 0 amide bonds. The van der Waals surface area contributed by atoms with Crippen LogP contribution in [0.5, 0.6) is 0 Å². The summed E-state index contributed by atoms with van der Waals surface area (Å²) in [5.74, 6) is 0. The number of hydrogen-bond donors (Lipinski definition) is 0. The maximum absolute atomic E-state index is 3.99. The van der Waals surface area contributed by atoms with Gasteiger partial charge in [0.2, 0.25) is 0 Å². The summed E-state index contributed by atoms with van der Waals surface area (Å²) in [5, 5.41) is 7.80. The molecule has 0 radical (unpaired) electrons. The fourth-order valence-electron chi connectivity index (χ4n) is 1.95. The fourth-order valence-corrected chi connectivity index (χ4v) is 1.95. The van der Waals surface area contributed by atoms with Crippen molar-refractivity contribution < 1.29 is 0 Å². The summed E-state index contributed by atoms with van der Waals surface area (Å²) in [6.45, 7) is 1.71. The second-order valence-electron chi connectivity index (χ2n) is 3.77. The van der Waals surface area contributed by atoms with Crippen molar-refractivity contribution in [2.45, 2.75) is 6.54 Å². The first-order chi connectivity index (χ1) is 7.93. The third kappa shape index (κ3) is 1.58. The summed E-state index contributed by atoms with van der Waals surface area (Å²) in [7, 11) is 0. The Morgan fingerprint density at radius 2 is 2.25 bits per heavy atom. The minimum absolute atomic E-state index is 0.764. The van der Waals surface area contributed by atoms with Crippen molar-refractivity contribution >= 4 is 0 Å². The molecule has 0 aliphatic carbocycles. The zero-order valence-corrected chi connectivity index (χ0v) is 8.82. The Morgan fingerprint density at radius 1 is 1.25 bits per heavy atom. The fraction of sp³-hybridized carbons (Fsp3) is 0.167. The van der Waals surface area contributed by atoms with E-state index in [1.165, 1.54) is 11.3 Å². The van der Waals surface area contributed by atoms with Crippen LogP contribution < -0.4 is 0 Å². The Balaban J connectivity index is 1.93. The van der Waals surface area contributed by atoms with Crippen LogP contribution in [0.3, 0.4) is 0 Å². The highest BCUT2D eigenvalue weighted by atomic mass is 15.4. The van der Waals surface area contributed by atoms with E-state index in [2.05, 4.69) is 51.8 Å². The standard InChI is InChI=1S/C12H12N4/c1-2-7-15-8-3-4-11(12(15)5-1)10-16-9-6-13-14-16/h1-7,9H,8,10H2. The van der Waals surface area contributed by atoms with Crippen molar-refractivity contribution in [3.05, 3.63) is 60.2 Å². The van der Waals surface area contributed by atoms with Crippen molar-refractivity contribution in [2.24, 2.45) is 0 Å². The van der Waals surface area contributed by atoms with Gasteiger partial charge >= 0.3 is 0 Å². The molecule has 1 aromatic rings. The van der Waals surface area contributed by atoms with E-state index in [9.17, 15) is 0 Å². The number of aromatic nitrogens is 3.